The van der Waals surface area contributed by atoms with E-state index in [1.807, 2.05) is 24.3 Å². The van der Waals surface area contributed by atoms with Crippen molar-refractivity contribution in [3.63, 3.8) is 0 Å². The molecule has 2 aromatic carbocycles. The predicted octanol–water partition coefficient (Wildman–Crippen LogP) is 4.02. The van der Waals surface area contributed by atoms with E-state index in [-0.39, 0.29) is 11.8 Å². The number of halogens is 1. The predicted molar refractivity (Wildman–Crippen MR) is 98.2 cm³/mol. The molecule has 0 bridgehead atoms. The molecule has 1 atom stereocenters. The summed E-state index contributed by atoms with van der Waals surface area (Å²) in [6, 6.07) is 12.8. The summed E-state index contributed by atoms with van der Waals surface area (Å²) < 4.78 is 5.49. The molecule has 0 aliphatic carbocycles. The zero-order valence-electron chi connectivity index (χ0n) is 13.8. The van der Waals surface area contributed by atoms with Crippen LogP contribution in [0.25, 0.3) is 0 Å². The molecular weight excluding hydrogens is 340 g/mol. The topological polar surface area (TPSA) is 67.4 Å². The summed E-state index contributed by atoms with van der Waals surface area (Å²) >= 11 is 5.85. The fourth-order valence-corrected chi connectivity index (χ4v) is 2.74. The maximum Gasteiger partial charge on any atom is 0.265 e. The molecule has 25 heavy (non-hydrogen) atoms. The second kappa shape index (κ2) is 7.57. The maximum atomic E-state index is 12.1. The van der Waals surface area contributed by atoms with Crippen molar-refractivity contribution in [2.45, 2.75) is 32.3 Å². The van der Waals surface area contributed by atoms with Gasteiger partial charge in [0.05, 0.1) is 5.69 Å². The monoisotopic (exact) mass is 358 g/mol. The van der Waals surface area contributed by atoms with Crippen molar-refractivity contribution in [1.82, 2.24) is 0 Å². The molecule has 0 fully saturated rings. The van der Waals surface area contributed by atoms with Crippen LogP contribution < -0.4 is 15.4 Å². The zero-order valence-corrected chi connectivity index (χ0v) is 14.6. The highest BCUT2D eigenvalue weighted by Gasteiger charge is 2.23. The van der Waals surface area contributed by atoms with E-state index in [9.17, 15) is 9.59 Å². The van der Waals surface area contributed by atoms with Gasteiger partial charge < -0.3 is 15.4 Å². The van der Waals surface area contributed by atoms with Gasteiger partial charge in [-0.2, -0.15) is 0 Å². The lowest BCUT2D eigenvalue weighted by Gasteiger charge is -2.23. The molecule has 0 aromatic heterocycles. The van der Waals surface area contributed by atoms with E-state index < -0.39 is 6.10 Å². The van der Waals surface area contributed by atoms with Crippen molar-refractivity contribution >= 4 is 34.8 Å². The Hall–Kier alpha value is -2.53. The van der Waals surface area contributed by atoms with E-state index >= 15 is 0 Å². The molecule has 1 aliphatic rings. The Kier molecular flexibility index (Phi) is 5.24. The van der Waals surface area contributed by atoms with Gasteiger partial charge in [0.1, 0.15) is 5.75 Å². The minimum Gasteiger partial charge on any atom is -0.479 e. The summed E-state index contributed by atoms with van der Waals surface area (Å²) in [6.07, 6.45) is 1.46. The summed E-state index contributed by atoms with van der Waals surface area (Å²) in [4.78, 5) is 23.7. The van der Waals surface area contributed by atoms with Crippen LogP contribution in [0.3, 0.4) is 0 Å². The van der Waals surface area contributed by atoms with Crippen molar-refractivity contribution in [1.29, 1.82) is 0 Å². The van der Waals surface area contributed by atoms with Gasteiger partial charge in [0, 0.05) is 17.1 Å². The molecule has 1 heterocycles. The Labute approximate surface area is 151 Å². The van der Waals surface area contributed by atoms with Gasteiger partial charge >= 0.3 is 0 Å². The maximum absolute atomic E-state index is 12.1. The zero-order chi connectivity index (χ0) is 17.8. The Morgan fingerprint density at radius 2 is 2.00 bits per heavy atom. The van der Waals surface area contributed by atoms with Crippen molar-refractivity contribution in [3.8, 4) is 5.75 Å². The molecular formula is C19H19ClN2O3. The third kappa shape index (κ3) is 4.51. The number of rotatable bonds is 5. The van der Waals surface area contributed by atoms with E-state index in [1.54, 1.807) is 25.1 Å². The molecule has 2 N–H and O–H groups in total. The third-order valence-electron chi connectivity index (χ3n) is 3.98. The van der Waals surface area contributed by atoms with Crippen LogP contribution in [0, 0.1) is 0 Å². The Morgan fingerprint density at radius 3 is 2.76 bits per heavy atom. The summed E-state index contributed by atoms with van der Waals surface area (Å²) in [5.74, 6) is 0.345. The van der Waals surface area contributed by atoms with Crippen LogP contribution in [0.5, 0.6) is 5.75 Å². The fourth-order valence-electron chi connectivity index (χ4n) is 2.61. The standard InChI is InChI=1S/C19H19ClN2O3/c1-12-19(24)22-16-11-15(9-10-17(16)25-12)21-18(23)4-2-3-13-5-7-14(20)8-6-13/h5-12H,2-4H2,1H3,(H,21,23)(H,22,24)/t12-/m0/s1. The number of carbonyl (C=O) groups is 2. The average molecular weight is 359 g/mol. The molecule has 0 unspecified atom stereocenters. The van der Waals surface area contributed by atoms with Crippen LogP contribution in [-0.2, 0) is 16.0 Å². The molecule has 0 spiro atoms. The first-order valence-corrected chi connectivity index (χ1v) is 8.55. The van der Waals surface area contributed by atoms with E-state index in [0.29, 0.717) is 28.6 Å². The minimum absolute atomic E-state index is 0.0645. The van der Waals surface area contributed by atoms with Crippen LogP contribution in [0.15, 0.2) is 42.5 Å². The Bertz CT molecular complexity index is 790. The van der Waals surface area contributed by atoms with Gasteiger partial charge in [-0.3, -0.25) is 9.59 Å². The smallest absolute Gasteiger partial charge is 0.265 e. The lowest BCUT2D eigenvalue weighted by atomic mass is 10.1. The summed E-state index contributed by atoms with van der Waals surface area (Å²) in [5, 5.41) is 6.32. The molecule has 2 amide bonds. The number of fused-ring (bicyclic) bond motifs is 1. The second-order valence-corrected chi connectivity index (χ2v) is 6.42. The Balaban J connectivity index is 1.52. The number of nitrogens with one attached hydrogen (secondary N) is 2. The van der Waals surface area contributed by atoms with Gasteiger partial charge in [0.2, 0.25) is 5.91 Å². The fraction of sp³-hybridized carbons (Fsp3) is 0.263. The molecule has 3 rings (SSSR count). The molecule has 2 aromatic rings. The van der Waals surface area contributed by atoms with Gasteiger partial charge in [0.15, 0.2) is 6.10 Å². The number of amides is 2. The highest BCUT2D eigenvalue weighted by molar-refractivity contribution is 6.30. The van der Waals surface area contributed by atoms with Gasteiger partial charge in [-0.05, 0) is 55.7 Å². The average Bonchev–Trinajstić information content (AvgIpc) is 2.58. The SMILES string of the molecule is C[C@@H]1Oc2ccc(NC(=O)CCCc3ccc(Cl)cc3)cc2NC1=O. The lowest BCUT2D eigenvalue weighted by molar-refractivity contribution is -0.122. The highest BCUT2D eigenvalue weighted by Crippen LogP contribution is 2.32. The molecule has 0 radical (unpaired) electrons. The molecule has 5 nitrogen and oxygen atoms in total. The van der Waals surface area contributed by atoms with Gasteiger partial charge in [-0.15, -0.1) is 0 Å². The normalized spacial score (nSPS) is 15.8. The van der Waals surface area contributed by atoms with Crippen LogP contribution in [0.4, 0.5) is 11.4 Å². The number of carbonyl (C=O) groups excluding carboxylic acids is 2. The molecule has 0 saturated carbocycles. The molecule has 0 saturated heterocycles. The van der Waals surface area contributed by atoms with Crippen molar-refractivity contribution in [2.75, 3.05) is 10.6 Å². The van der Waals surface area contributed by atoms with Crippen LogP contribution in [0.2, 0.25) is 5.02 Å². The van der Waals surface area contributed by atoms with Crippen LogP contribution in [-0.4, -0.2) is 17.9 Å². The summed E-state index contributed by atoms with van der Waals surface area (Å²) in [5.41, 5.74) is 2.36. The number of hydrogen-bond donors (Lipinski definition) is 2. The lowest BCUT2D eigenvalue weighted by Crippen LogP contribution is -2.34. The van der Waals surface area contributed by atoms with E-state index in [1.165, 1.54) is 0 Å². The molecule has 1 aliphatic heterocycles. The summed E-state index contributed by atoms with van der Waals surface area (Å²) in [6.45, 7) is 1.69. The summed E-state index contributed by atoms with van der Waals surface area (Å²) in [7, 11) is 0. The number of hydrogen-bond acceptors (Lipinski definition) is 3. The Morgan fingerprint density at radius 1 is 1.24 bits per heavy atom. The highest BCUT2D eigenvalue weighted by atomic mass is 35.5. The van der Waals surface area contributed by atoms with E-state index in [0.717, 1.165) is 18.4 Å². The first-order valence-electron chi connectivity index (χ1n) is 8.17. The second-order valence-electron chi connectivity index (χ2n) is 5.99. The number of benzene rings is 2. The number of aryl methyl sites for hydroxylation is 1. The van der Waals surface area contributed by atoms with Crippen LogP contribution >= 0.6 is 11.6 Å². The number of anilines is 2. The van der Waals surface area contributed by atoms with Crippen molar-refractivity contribution in [3.05, 3.63) is 53.1 Å². The molecule has 130 valence electrons. The van der Waals surface area contributed by atoms with E-state index in [4.69, 9.17) is 16.3 Å². The van der Waals surface area contributed by atoms with Crippen LogP contribution in [0.1, 0.15) is 25.3 Å². The quantitative estimate of drug-likeness (QED) is 0.848. The number of ether oxygens (including phenoxy) is 1. The minimum atomic E-state index is -0.513. The van der Waals surface area contributed by atoms with Crippen molar-refractivity contribution in [2.24, 2.45) is 0 Å². The van der Waals surface area contributed by atoms with Gasteiger partial charge in [-0.25, -0.2) is 0 Å². The first-order chi connectivity index (χ1) is 12.0. The van der Waals surface area contributed by atoms with Gasteiger partial charge in [0.25, 0.3) is 5.91 Å². The largest absolute Gasteiger partial charge is 0.479 e. The van der Waals surface area contributed by atoms with Crippen molar-refractivity contribution < 1.29 is 14.3 Å². The van der Waals surface area contributed by atoms with Gasteiger partial charge in [-0.1, -0.05) is 23.7 Å². The first kappa shape index (κ1) is 17.3. The third-order valence-corrected chi connectivity index (χ3v) is 4.23. The molecule has 6 heteroatoms. The van der Waals surface area contributed by atoms with E-state index in [2.05, 4.69) is 10.6 Å².